The zero-order valence-electron chi connectivity index (χ0n) is 11.7. The SMILES string of the molecule is COc1ccc(CC(C)(O)CCCS(C)(=O)=O)cc1. The fourth-order valence-electron chi connectivity index (χ4n) is 1.99. The molecule has 1 aromatic carbocycles. The zero-order chi connectivity index (χ0) is 14.5. The number of ether oxygens (including phenoxy) is 1. The third-order valence-electron chi connectivity index (χ3n) is 2.97. The Morgan fingerprint density at radius 3 is 2.32 bits per heavy atom. The molecule has 0 heterocycles. The van der Waals surface area contributed by atoms with Crippen molar-refractivity contribution >= 4 is 9.84 Å². The van der Waals surface area contributed by atoms with Crippen molar-refractivity contribution in [2.75, 3.05) is 19.1 Å². The van der Waals surface area contributed by atoms with Crippen LogP contribution in [0.1, 0.15) is 25.3 Å². The first kappa shape index (κ1) is 16.0. The predicted octanol–water partition coefficient (Wildman–Crippen LogP) is 1.81. The molecule has 0 aliphatic rings. The molecule has 0 aliphatic heterocycles. The van der Waals surface area contributed by atoms with Gasteiger partial charge in [-0.25, -0.2) is 8.42 Å². The molecule has 0 aliphatic carbocycles. The van der Waals surface area contributed by atoms with Crippen molar-refractivity contribution in [1.82, 2.24) is 0 Å². The van der Waals surface area contributed by atoms with Crippen LogP contribution in [-0.4, -0.2) is 38.2 Å². The Labute approximate surface area is 115 Å². The van der Waals surface area contributed by atoms with E-state index in [2.05, 4.69) is 0 Å². The Morgan fingerprint density at radius 2 is 1.84 bits per heavy atom. The van der Waals surface area contributed by atoms with E-state index >= 15 is 0 Å². The van der Waals surface area contributed by atoms with Crippen LogP contribution in [0.5, 0.6) is 5.75 Å². The number of sulfone groups is 1. The van der Waals surface area contributed by atoms with Crippen molar-refractivity contribution in [1.29, 1.82) is 0 Å². The zero-order valence-corrected chi connectivity index (χ0v) is 12.5. The molecule has 0 fully saturated rings. The van der Waals surface area contributed by atoms with Gasteiger partial charge in [0.2, 0.25) is 0 Å². The molecule has 108 valence electrons. The Balaban J connectivity index is 2.53. The van der Waals surface area contributed by atoms with Crippen LogP contribution in [0.3, 0.4) is 0 Å². The van der Waals surface area contributed by atoms with Crippen molar-refractivity contribution in [2.45, 2.75) is 31.8 Å². The number of hydrogen-bond acceptors (Lipinski definition) is 4. The first-order valence-electron chi connectivity index (χ1n) is 6.25. The highest BCUT2D eigenvalue weighted by Crippen LogP contribution is 2.21. The Bertz CT molecular complexity index is 489. The molecule has 1 rings (SSSR count). The minimum atomic E-state index is -2.96. The van der Waals surface area contributed by atoms with Crippen LogP contribution in [0, 0.1) is 0 Å². The number of hydrogen-bond donors (Lipinski definition) is 1. The number of benzene rings is 1. The van der Waals surface area contributed by atoms with Gasteiger partial charge < -0.3 is 9.84 Å². The van der Waals surface area contributed by atoms with E-state index in [1.807, 2.05) is 24.3 Å². The van der Waals surface area contributed by atoms with E-state index < -0.39 is 15.4 Å². The maximum Gasteiger partial charge on any atom is 0.147 e. The number of rotatable bonds is 7. The van der Waals surface area contributed by atoms with Gasteiger partial charge in [0.25, 0.3) is 0 Å². The summed E-state index contributed by atoms with van der Waals surface area (Å²) in [4.78, 5) is 0. The molecule has 4 nitrogen and oxygen atoms in total. The second-order valence-electron chi connectivity index (χ2n) is 5.26. The summed E-state index contributed by atoms with van der Waals surface area (Å²) in [7, 11) is -1.35. The van der Waals surface area contributed by atoms with Crippen LogP contribution in [-0.2, 0) is 16.3 Å². The number of methoxy groups -OCH3 is 1. The number of aliphatic hydroxyl groups is 1. The van der Waals surface area contributed by atoms with Gasteiger partial charge in [-0.2, -0.15) is 0 Å². The Hall–Kier alpha value is -1.07. The van der Waals surface area contributed by atoms with Crippen molar-refractivity contribution in [3.05, 3.63) is 29.8 Å². The van der Waals surface area contributed by atoms with Gasteiger partial charge in [-0.15, -0.1) is 0 Å². The van der Waals surface area contributed by atoms with E-state index in [0.29, 0.717) is 19.3 Å². The van der Waals surface area contributed by atoms with Crippen molar-refractivity contribution < 1.29 is 18.3 Å². The lowest BCUT2D eigenvalue weighted by molar-refractivity contribution is 0.0507. The first-order valence-corrected chi connectivity index (χ1v) is 8.31. The van der Waals surface area contributed by atoms with Crippen molar-refractivity contribution in [3.8, 4) is 5.75 Å². The van der Waals surface area contributed by atoms with Crippen molar-refractivity contribution in [3.63, 3.8) is 0 Å². The van der Waals surface area contributed by atoms with E-state index in [0.717, 1.165) is 11.3 Å². The topological polar surface area (TPSA) is 63.6 Å². The minimum absolute atomic E-state index is 0.117. The highest BCUT2D eigenvalue weighted by Gasteiger charge is 2.21. The summed E-state index contributed by atoms with van der Waals surface area (Å²) in [6, 6.07) is 7.51. The highest BCUT2D eigenvalue weighted by atomic mass is 32.2. The summed E-state index contributed by atoms with van der Waals surface area (Å²) in [6.45, 7) is 1.74. The summed E-state index contributed by atoms with van der Waals surface area (Å²) in [5, 5.41) is 10.3. The normalized spacial score (nSPS) is 14.9. The average molecular weight is 286 g/mol. The summed E-state index contributed by atoms with van der Waals surface area (Å²) in [6.07, 6.45) is 2.65. The van der Waals surface area contributed by atoms with Gasteiger partial charge in [0, 0.05) is 18.4 Å². The van der Waals surface area contributed by atoms with Crippen LogP contribution in [0.15, 0.2) is 24.3 Å². The second-order valence-corrected chi connectivity index (χ2v) is 7.51. The Morgan fingerprint density at radius 1 is 1.26 bits per heavy atom. The molecule has 0 spiro atoms. The Kier molecular flexibility index (Phi) is 5.38. The molecule has 0 saturated heterocycles. The van der Waals surface area contributed by atoms with Gasteiger partial charge in [-0.3, -0.25) is 0 Å². The molecule has 0 bridgehead atoms. The third-order valence-corrected chi connectivity index (χ3v) is 4.00. The lowest BCUT2D eigenvalue weighted by Crippen LogP contribution is -2.27. The molecular formula is C14H22O4S. The van der Waals surface area contributed by atoms with Gasteiger partial charge in [0.1, 0.15) is 15.6 Å². The van der Waals surface area contributed by atoms with Gasteiger partial charge in [-0.05, 0) is 37.5 Å². The molecule has 0 saturated carbocycles. The van der Waals surface area contributed by atoms with Gasteiger partial charge >= 0.3 is 0 Å². The quantitative estimate of drug-likeness (QED) is 0.830. The maximum absolute atomic E-state index is 11.1. The summed E-state index contributed by atoms with van der Waals surface area (Å²) < 4.78 is 27.2. The lowest BCUT2D eigenvalue weighted by Gasteiger charge is -2.23. The summed E-state index contributed by atoms with van der Waals surface area (Å²) in [5.74, 6) is 0.895. The van der Waals surface area contributed by atoms with E-state index in [4.69, 9.17) is 4.74 Å². The first-order chi connectivity index (χ1) is 8.72. The molecule has 1 N–H and O–H groups in total. The van der Waals surface area contributed by atoms with Crippen LogP contribution in [0.4, 0.5) is 0 Å². The maximum atomic E-state index is 11.1. The predicted molar refractivity (Wildman–Crippen MR) is 76.3 cm³/mol. The molecular weight excluding hydrogens is 264 g/mol. The van der Waals surface area contributed by atoms with E-state index in [9.17, 15) is 13.5 Å². The van der Waals surface area contributed by atoms with E-state index in [1.165, 1.54) is 6.26 Å². The van der Waals surface area contributed by atoms with Crippen LogP contribution >= 0.6 is 0 Å². The smallest absolute Gasteiger partial charge is 0.147 e. The average Bonchev–Trinajstić information content (AvgIpc) is 2.27. The molecule has 1 atom stereocenters. The molecule has 1 unspecified atom stereocenters. The van der Waals surface area contributed by atoms with Gasteiger partial charge in [-0.1, -0.05) is 12.1 Å². The van der Waals surface area contributed by atoms with E-state index in [1.54, 1.807) is 14.0 Å². The van der Waals surface area contributed by atoms with E-state index in [-0.39, 0.29) is 5.75 Å². The standard InChI is InChI=1S/C14H22O4S/c1-14(15,9-4-10-19(3,16)17)11-12-5-7-13(18-2)8-6-12/h5-8,15H,4,9-11H2,1-3H3. The van der Waals surface area contributed by atoms with Gasteiger partial charge in [0.05, 0.1) is 12.7 Å². The molecule has 5 heteroatoms. The highest BCUT2D eigenvalue weighted by molar-refractivity contribution is 7.90. The summed E-state index contributed by atoms with van der Waals surface area (Å²) >= 11 is 0. The fraction of sp³-hybridized carbons (Fsp3) is 0.571. The van der Waals surface area contributed by atoms with Gasteiger partial charge in [0.15, 0.2) is 0 Å². The lowest BCUT2D eigenvalue weighted by atomic mass is 9.92. The van der Waals surface area contributed by atoms with Crippen LogP contribution in [0.2, 0.25) is 0 Å². The molecule has 0 radical (unpaired) electrons. The second kappa shape index (κ2) is 6.39. The molecule has 19 heavy (non-hydrogen) atoms. The molecule has 0 aromatic heterocycles. The molecule has 0 amide bonds. The third kappa shape index (κ3) is 6.59. The fourth-order valence-corrected chi connectivity index (χ4v) is 2.66. The van der Waals surface area contributed by atoms with Crippen molar-refractivity contribution in [2.24, 2.45) is 0 Å². The molecule has 1 aromatic rings. The largest absolute Gasteiger partial charge is 0.497 e. The minimum Gasteiger partial charge on any atom is -0.497 e. The monoisotopic (exact) mass is 286 g/mol. The van der Waals surface area contributed by atoms with Crippen LogP contribution in [0.25, 0.3) is 0 Å². The summed E-state index contributed by atoms with van der Waals surface area (Å²) in [5.41, 5.74) is 0.115. The van der Waals surface area contributed by atoms with Crippen LogP contribution < -0.4 is 4.74 Å².